The van der Waals surface area contributed by atoms with Crippen molar-refractivity contribution in [1.82, 2.24) is 5.32 Å². The molecule has 0 spiro atoms. The highest BCUT2D eigenvalue weighted by Crippen LogP contribution is 2.16. The predicted molar refractivity (Wildman–Crippen MR) is 105 cm³/mol. The second kappa shape index (κ2) is 10.1. The van der Waals surface area contributed by atoms with Crippen LogP contribution in [0.3, 0.4) is 0 Å². The van der Waals surface area contributed by atoms with Gasteiger partial charge in [-0.25, -0.2) is 0 Å². The van der Waals surface area contributed by atoms with Crippen molar-refractivity contribution in [3.8, 4) is 5.75 Å². The second-order valence-corrected chi connectivity index (χ2v) is 6.96. The summed E-state index contributed by atoms with van der Waals surface area (Å²) in [6.07, 6.45) is 0.343. The van der Waals surface area contributed by atoms with Crippen molar-refractivity contribution >= 4 is 5.91 Å². The van der Waals surface area contributed by atoms with Gasteiger partial charge in [0, 0.05) is 0 Å². The van der Waals surface area contributed by atoms with Crippen LogP contribution >= 0.6 is 0 Å². The Morgan fingerprint density at radius 1 is 1.11 bits per heavy atom. The van der Waals surface area contributed by atoms with Gasteiger partial charge >= 0.3 is 0 Å². The predicted octanol–water partition coefficient (Wildman–Crippen LogP) is 1.54. The maximum absolute atomic E-state index is 12.5. The number of rotatable bonds is 8. The summed E-state index contributed by atoms with van der Waals surface area (Å²) in [4.78, 5) is 14.0. The Labute approximate surface area is 161 Å². The number of hydrogen-bond acceptors (Lipinski definition) is 3. The number of carbonyl (C=O) groups excluding carboxylic acids is 1. The second-order valence-electron chi connectivity index (χ2n) is 6.96. The summed E-state index contributed by atoms with van der Waals surface area (Å²) in [5, 5.41) is 3.20. The number of carbonyl (C=O) groups is 1. The molecule has 1 aliphatic rings. The number of para-hydroxylation sites is 1. The van der Waals surface area contributed by atoms with Gasteiger partial charge in [0.2, 0.25) is 5.91 Å². The number of morpholine rings is 1. The van der Waals surface area contributed by atoms with E-state index in [1.165, 1.54) is 4.90 Å². The van der Waals surface area contributed by atoms with Gasteiger partial charge in [-0.05, 0) is 24.1 Å². The lowest BCUT2D eigenvalue weighted by atomic mass is 10.1. The van der Waals surface area contributed by atoms with Gasteiger partial charge in [0.15, 0.2) is 0 Å². The lowest BCUT2D eigenvalue weighted by Gasteiger charge is -2.28. The quantitative estimate of drug-likeness (QED) is 0.742. The van der Waals surface area contributed by atoms with Crippen molar-refractivity contribution in [2.24, 2.45) is 0 Å². The third-order valence-corrected chi connectivity index (χ3v) is 4.91. The molecular weight excluding hydrogens is 340 g/mol. The molecule has 3 rings (SSSR count). The zero-order valence-corrected chi connectivity index (χ0v) is 15.9. The first kappa shape index (κ1) is 19.4. The minimum absolute atomic E-state index is 0.00487. The van der Waals surface area contributed by atoms with Crippen LogP contribution in [0.2, 0.25) is 0 Å². The molecular formula is C22H29N2O3+. The molecule has 1 amide bonds. The van der Waals surface area contributed by atoms with Crippen LogP contribution < -0.4 is 15.0 Å². The molecule has 0 aromatic heterocycles. The zero-order chi connectivity index (χ0) is 18.9. The summed E-state index contributed by atoms with van der Waals surface area (Å²) < 4.78 is 11.2. The van der Waals surface area contributed by atoms with E-state index in [0.717, 1.165) is 49.7 Å². The fraction of sp³-hybridized carbons (Fsp3) is 0.409. The highest BCUT2D eigenvalue weighted by atomic mass is 16.5. The minimum Gasteiger partial charge on any atom is -0.493 e. The molecule has 2 aromatic carbocycles. The summed E-state index contributed by atoms with van der Waals surface area (Å²) in [6, 6.07) is 18.1. The van der Waals surface area contributed by atoms with Crippen molar-refractivity contribution < 1.29 is 19.2 Å². The number of amides is 1. The van der Waals surface area contributed by atoms with Crippen LogP contribution in [0.15, 0.2) is 54.6 Å². The van der Waals surface area contributed by atoms with Crippen LogP contribution in [0.25, 0.3) is 0 Å². The van der Waals surface area contributed by atoms with Gasteiger partial charge in [-0.1, -0.05) is 48.5 Å². The van der Waals surface area contributed by atoms with E-state index in [2.05, 4.69) is 17.4 Å². The van der Waals surface area contributed by atoms with E-state index in [-0.39, 0.29) is 11.9 Å². The Balaban J connectivity index is 1.54. The fourth-order valence-electron chi connectivity index (χ4n) is 3.33. The number of benzene rings is 2. The first-order valence-electron chi connectivity index (χ1n) is 9.66. The Bertz CT molecular complexity index is 715. The average molecular weight is 369 g/mol. The van der Waals surface area contributed by atoms with Crippen molar-refractivity contribution in [2.45, 2.75) is 19.4 Å². The molecule has 0 aliphatic carbocycles. The Morgan fingerprint density at radius 2 is 1.81 bits per heavy atom. The summed E-state index contributed by atoms with van der Waals surface area (Å²) in [5.74, 6) is 0.854. The molecule has 144 valence electrons. The number of aryl methyl sites for hydroxylation is 1. The molecule has 2 N–H and O–H groups in total. The van der Waals surface area contributed by atoms with Crippen LogP contribution in [-0.4, -0.2) is 45.4 Å². The SMILES string of the molecule is Cc1ccccc1OCCC(=O)N[C@H](C[NH+]1CCOCC1)c1ccccc1. The summed E-state index contributed by atoms with van der Waals surface area (Å²) >= 11 is 0. The van der Waals surface area contributed by atoms with Crippen molar-refractivity contribution in [2.75, 3.05) is 39.5 Å². The molecule has 5 nitrogen and oxygen atoms in total. The largest absolute Gasteiger partial charge is 0.493 e. The van der Waals surface area contributed by atoms with E-state index in [9.17, 15) is 4.79 Å². The van der Waals surface area contributed by atoms with Gasteiger partial charge in [-0.3, -0.25) is 4.79 Å². The Hall–Kier alpha value is -2.37. The summed E-state index contributed by atoms with van der Waals surface area (Å²) in [7, 11) is 0. The fourth-order valence-corrected chi connectivity index (χ4v) is 3.33. The molecule has 1 atom stereocenters. The maximum Gasteiger partial charge on any atom is 0.224 e. The van der Waals surface area contributed by atoms with E-state index in [0.29, 0.717) is 13.0 Å². The zero-order valence-electron chi connectivity index (χ0n) is 15.9. The first-order chi connectivity index (χ1) is 13.2. The molecule has 0 radical (unpaired) electrons. The Kier molecular flexibility index (Phi) is 7.25. The first-order valence-corrected chi connectivity index (χ1v) is 9.66. The molecule has 0 saturated carbocycles. The standard InChI is InChI=1S/C22H28N2O3/c1-18-7-5-6-10-21(18)27-14-11-22(25)23-20(19-8-3-2-4-9-19)17-24-12-15-26-16-13-24/h2-10,20H,11-17H2,1H3,(H,23,25)/p+1/t20-/m1/s1. The van der Waals surface area contributed by atoms with E-state index in [4.69, 9.17) is 9.47 Å². The normalized spacial score (nSPS) is 15.9. The van der Waals surface area contributed by atoms with Gasteiger partial charge in [0.05, 0.1) is 26.2 Å². The van der Waals surface area contributed by atoms with Crippen molar-refractivity contribution in [1.29, 1.82) is 0 Å². The third kappa shape index (κ3) is 6.08. The molecule has 0 bridgehead atoms. The van der Waals surface area contributed by atoms with E-state index in [1.807, 2.05) is 49.4 Å². The lowest BCUT2D eigenvalue weighted by molar-refractivity contribution is -0.909. The highest BCUT2D eigenvalue weighted by Gasteiger charge is 2.22. The number of ether oxygens (including phenoxy) is 2. The van der Waals surface area contributed by atoms with Crippen LogP contribution in [0.4, 0.5) is 0 Å². The van der Waals surface area contributed by atoms with E-state index in [1.54, 1.807) is 0 Å². The van der Waals surface area contributed by atoms with Crippen LogP contribution in [-0.2, 0) is 9.53 Å². The van der Waals surface area contributed by atoms with Gasteiger partial charge < -0.3 is 19.7 Å². The lowest BCUT2D eigenvalue weighted by Crippen LogP contribution is -3.14. The average Bonchev–Trinajstić information content (AvgIpc) is 2.70. The number of nitrogens with one attached hydrogen (secondary N) is 2. The topological polar surface area (TPSA) is 52.0 Å². The van der Waals surface area contributed by atoms with E-state index >= 15 is 0 Å². The molecule has 1 saturated heterocycles. The van der Waals surface area contributed by atoms with Crippen LogP contribution in [0.5, 0.6) is 5.75 Å². The number of quaternary nitrogens is 1. The van der Waals surface area contributed by atoms with Crippen molar-refractivity contribution in [3.63, 3.8) is 0 Å². The van der Waals surface area contributed by atoms with Gasteiger partial charge in [0.25, 0.3) is 0 Å². The van der Waals surface area contributed by atoms with Crippen molar-refractivity contribution in [3.05, 3.63) is 65.7 Å². The molecule has 1 heterocycles. The molecule has 1 aliphatic heterocycles. The van der Waals surface area contributed by atoms with E-state index < -0.39 is 0 Å². The summed E-state index contributed by atoms with van der Waals surface area (Å²) in [6.45, 7) is 6.79. The molecule has 1 fully saturated rings. The third-order valence-electron chi connectivity index (χ3n) is 4.91. The molecule has 5 heteroatoms. The monoisotopic (exact) mass is 369 g/mol. The summed E-state index contributed by atoms with van der Waals surface area (Å²) in [5.41, 5.74) is 2.22. The maximum atomic E-state index is 12.5. The molecule has 0 unspecified atom stereocenters. The van der Waals surface area contributed by atoms with Crippen LogP contribution in [0, 0.1) is 6.92 Å². The van der Waals surface area contributed by atoms with Gasteiger partial charge in [-0.2, -0.15) is 0 Å². The highest BCUT2D eigenvalue weighted by molar-refractivity contribution is 5.76. The Morgan fingerprint density at radius 3 is 2.56 bits per heavy atom. The number of hydrogen-bond donors (Lipinski definition) is 2. The molecule has 2 aromatic rings. The van der Waals surface area contributed by atoms with Gasteiger partial charge in [-0.15, -0.1) is 0 Å². The smallest absolute Gasteiger partial charge is 0.224 e. The van der Waals surface area contributed by atoms with Crippen LogP contribution in [0.1, 0.15) is 23.6 Å². The van der Waals surface area contributed by atoms with Gasteiger partial charge in [0.1, 0.15) is 31.4 Å². The molecule has 27 heavy (non-hydrogen) atoms. The minimum atomic E-state index is 0.00487.